The summed E-state index contributed by atoms with van der Waals surface area (Å²) in [6.45, 7) is 3.56. The van der Waals surface area contributed by atoms with E-state index in [1.54, 1.807) is 26.2 Å². The van der Waals surface area contributed by atoms with Gasteiger partial charge in [0.25, 0.3) is 0 Å². The van der Waals surface area contributed by atoms with Crippen molar-refractivity contribution in [1.82, 2.24) is 4.31 Å². The Morgan fingerprint density at radius 2 is 1.83 bits per heavy atom. The zero-order valence-electron chi connectivity index (χ0n) is 10.9. The van der Waals surface area contributed by atoms with Gasteiger partial charge in [-0.3, -0.25) is 0 Å². The third kappa shape index (κ3) is 3.24. The van der Waals surface area contributed by atoms with Crippen LogP contribution in [0.15, 0.2) is 29.2 Å². The van der Waals surface area contributed by atoms with Gasteiger partial charge in [-0.05, 0) is 19.1 Å². The first-order valence-electron chi connectivity index (χ1n) is 5.77. The van der Waals surface area contributed by atoms with Crippen LogP contribution in [-0.2, 0) is 10.0 Å². The molecule has 0 spiro atoms. The van der Waals surface area contributed by atoms with E-state index in [9.17, 15) is 8.42 Å². The summed E-state index contributed by atoms with van der Waals surface area (Å²) in [5.41, 5.74) is 0.758. The second kappa shape index (κ2) is 6.54. The molecule has 0 aliphatic rings. The van der Waals surface area contributed by atoms with Gasteiger partial charge in [0.1, 0.15) is 4.90 Å². The van der Waals surface area contributed by atoms with E-state index >= 15 is 0 Å². The fraction of sp³-hybridized carbons (Fsp3) is 0.500. The van der Waals surface area contributed by atoms with Crippen LogP contribution in [0.2, 0.25) is 0 Å². The number of para-hydroxylation sites is 1. The molecule has 102 valence electrons. The summed E-state index contributed by atoms with van der Waals surface area (Å²) in [7, 11) is -0.308. The summed E-state index contributed by atoms with van der Waals surface area (Å²) >= 11 is 3.39. The molecular weight excluding hydrogens is 316 g/mol. The number of rotatable bonds is 6. The van der Waals surface area contributed by atoms with Gasteiger partial charge in [0.05, 0.1) is 5.69 Å². The van der Waals surface area contributed by atoms with Crippen molar-refractivity contribution >= 4 is 31.6 Å². The molecule has 0 radical (unpaired) electrons. The van der Waals surface area contributed by atoms with E-state index in [4.69, 9.17) is 0 Å². The quantitative estimate of drug-likeness (QED) is 0.748. The summed E-state index contributed by atoms with van der Waals surface area (Å²) < 4.78 is 25.8. The van der Waals surface area contributed by atoms with E-state index in [2.05, 4.69) is 15.9 Å². The Kier molecular flexibility index (Phi) is 5.62. The molecular formula is C12H19BrN2O2S. The average Bonchev–Trinajstić information content (AvgIpc) is 2.35. The van der Waals surface area contributed by atoms with Crippen LogP contribution in [-0.4, -0.2) is 45.2 Å². The average molecular weight is 335 g/mol. The highest BCUT2D eigenvalue weighted by Crippen LogP contribution is 2.26. The predicted octanol–water partition coefficient (Wildman–Crippen LogP) is 2.16. The van der Waals surface area contributed by atoms with E-state index in [1.807, 2.05) is 24.0 Å². The first-order valence-corrected chi connectivity index (χ1v) is 8.33. The minimum atomic E-state index is -3.40. The molecule has 0 aromatic heterocycles. The molecule has 18 heavy (non-hydrogen) atoms. The molecule has 0 saturated carbocycles. The third-order valence-corrected chi connectivity index (χ3v) is 4.92. The van der Waals surface area contributed by atoms with Gasteiger partial charge in [-0.25, -0.2) is 12.7 Å². The SMILES string of the molecule is CCN(CCBr)c1ccccc1S(=O)(=O)N(C)C. The highest BCUT2D eigenvalue weighted by atomic mass is 79.9. The summed E-state index contributed by atoms with van der Waals surface area (Å²) in [5, 5.41) is 0.803. The van der Waals surface area contributed by atoms with Gasteiger partial charge in [0, 0.05) is 32.5 Å². The van der Waals surface area contributed by atoms with Crippen molar-refractivity contribution in [1.29, 1.82) is 0 Å². The van der Waals surface area contributed by atoms with Crippen molar-refractivity contribution in [2.45, 2.75) is 11.8 Å². The van der Waals surface area contributed by atoms with E-state index in [0.29, 0.717) is 4.90 Å². The van der Waals surface area contributed by atoms with Gasteiger partial charge >= 0.3 is 0 Å². The number of nitrogens with zero attached hydrogens (tertiary/aromatic N) is 2. The highest BCUT2D eigenvalue weighted by molar-refractivity contribution is 9.09. The lowest BCUT2D eigenvalue weighted by molar-refractivity contribution is 0.520. The van der Waals surface area contributed by atoms with E-state index in [0.717, 1.165) is 24.1 Å². The standard InChI is InChI=1S/C12H19BrN2O2S/c1-4-15(10-9-13)11-7-5-6-8-12(11)18(16,17)14(2)3/h5-8H,4,9-10H2,1-3H3. The number of alkyl halides is 1. The van der Waals surface area contributed by atoms with Crippen molar-refractivity contribution in [3.8, 4) is 0 Å². The predicted molar refractivity (Wildman–Crippen MR) is 79.0 cm³/mol. The highest BCUT2D eigenvalue weighted by Gasteiger charge is 2.22. The van der Waals surface area contributed by atoms with Crippen molar-refractivity contribution in [3.63, 3.8) is 0 Å². The minimum Gasteiger partial charge on any atom is -0.370 e. The molecule has 0 N–H and O–H groups in total. The molecule has 6 heteroatoms. The second-order valence-electron chi connectivity index (χ2n) is 4.02. The van der Waals surface area contributed by atoms with Gasteiger partial charge in [-0.2, -0.15) is 0 Å². The Morgan fingerprint density at radius 3 is 2.33 bits per heavy atom. The van der Waals surface area contributed by atoms with Crippen LogP contribution in [0.5, 0.6) is 0 Å². The largest absolute Gasteiger partial charge is 0.370 e. The fourth-order valence-electron chi connectivity index (χ4n) is 1.68. The number of anilines is 1. The van der Waals surface area contributed by atoms with Crippen LogP contribution in [0.3, 0.4) is 0 Å². The Hall–Kier alpha value is -0.590. The molecule has 1 rings (SSSR count). The molecule has 0 heterocycles. The lowest BCUT2D eigenvalue weighted by atomic mass is 10.3. The maximum absolute atomic E-state index is 12.3. The molecule has 0 aliphatic carbocycles. The Balaban J connectivity index is 3.30. The lowest BCUT2D eigenvalue weighted by Crippen LogP contribution is -2.29. The zero-order valence-corrected chi connectivity index (χ0v) is 13.3. The van der Waals surface area contributed by atoms with Gasteiger partial charge in [-0.1, -0.05) is 28.1 Å². The Labute approximate surface area is 118 Å². The lowest BCUT2D eigenvalue weighted by Gasteiger charge is -2.25. The first-order chi connectivity index (χ1) is 8.45. The van der Waals surface area contributed by atoms with Gasteiger partial charge in [0.15, 0.2) is 0 Å². The first kappa shape index (κ1) is 15.5. The molecule has 0 saturated heterocycles. The summed E-state index contributed by atoms with van der Waals surface area (Å²) in [6.07, 6.45) is 0. The van der Waals surface area contributed by atoms with Gasteiger partial charge in [0.2, 0.25) is 10.0 Å². The molecule has 0 fully saturated rings. The molecule has 0 amide bonds. The smallest absolute Gasteiger partial charge is 0.244 e. The van der Waals surface area contributed by atoms with Crippen molar-refractivity contribution in [2.24, 2.45) is 0 Å². The monoisotopic (exact) mass is 334 g/mol. The topological polar surface area (TPSA) is 40.6 Å². The van der Waals surface area contributed by atoms with E-state index in [1.165, 1.54) is 4.31 Å². The Bertz CT molecular complexity index is 489. The maximum Gasteiger partial charge on any atom is 0.244 e. The number of sulfonamides is 1. The summed E-state index contributed by atoms with van der Waals surface area (Å²) in [6, 6.07) is 7.12. The number of hydrogen-bond acceptors (Lipinski definition) is 3. The molecule has 4 nitrogen and oxygen atoms in total. The van der Waals surface area contributed by atoms with Crippen LogP contribution < -0.4 is 4.90 Å². The van der Waals surface area contributed by atoms with E-state index in [-0.39, 0.29) is 0 Å². The van der Waals surface area contributed by atoms with Gasteiger partial charge in [-0.15, -0.1) is 0 Å². The maximum atomic E-state index is 12.3. The summed E-state index contributed by atoms with van der Waals surface area (Å²) in [5.74, 6) is 0. The van der Waals surface area contributed by atoms with Crippen LogP contribution in [0, 0.1) is 0 Å². The zero-order chi connectivity index (χ0) is 13.8. The second-order valence-corrected chi connectivity index (χ2v) is 6.94. The summed E-state index contributed by atoms with van der Waals surface area (Å²) in [4.78, 5) is 2.41. The molecule has 0 aliphatic heterocycles. The van der Waals surface area contributed by atoms with Crippen molar-refractivity contribution < 1.29 is 8.42 Å². The van der Waals surface area contributed by atoms with Crippen LogP contribution in [0.4, 0.5) is 5.69 Å². The normalized spacial score (nSPS) is 11.8. The molecule has 0 unspecified atom stereocenters. The fourth-order valence-corrected chi connectivity index (χ4v) is 3.22. The molecule has 1 aromatic rings. The number of benzene rings is 1. The molecule has 0 bridgehead atoms. The van der Waals surface area contributed by atoms with Crippen molar-refractivity contribution in [2.75, 3.05) is 37.4 Å². The third-order valence-electron chi connectivity index (χ3n) is 2.70. The number of hydrogen-bond donors (Lipinski definition) is 0. The Morgan fingerprint density at radius 1 is 1.22 bits per heavy atom. The van der Waals surface area contributed by atoms with Crippen LogP contribution in [0.25, 0.3) is 0 Å². The van der Waals surface area contributed by atoms with Crippen molar-refractivity contribution in [3.05, 3.63) is 24.3 Å². The minimum absolute atomic E-state index is 0.359. The van der Waals surface area contributed by atoms with Crippen LogP contribution in [0.1, 0.15) is 6.92 Å². The molecule has 1 aromatic carbocycles. The van der Waals surface area contributed by atoms with Gasteiger partial charge < -0.3 is 4.90 Å². The van der Waals surface area contributed by atoms with Crippen LogP contribution >= 0.6 is 15.9 Å². The number of halogens is 1. The van der Waals surface area contributed by atoms with E-state index < -0.39 is 10.0 Å². The molecule has 0 atom stereocenters.